The van der Waals surface area contributed by atoms with E-state index in [1.165, 1.54) is 0 Å². The van der Waals surface area contributed by atoms with Gasteiger partial charge in [0, 0.05) is 24.2 Å². The summed E-state index contributed by atoms with van der Waals surface area (Å²) in [5, 5.41) is 11.2. The van der Waals surface area contributed by atoms with Crippen molar-refractivity contribution in [3.8, 4) is 0 Å². The van der Waals surface area contributed by atoms with Gasteiger partial charge in [0.2, 0.25) is 0 Å². The lowest BCUT2D eigenvalue weighted by Gasteiger charge is -2.57. The minimum Gasteiger partial charge on any atom is -0.381 e. The molecule has 4 aliphatic carbocycles. The van der Waals surface area contributed by atoms with Crippen molar-refractivity contribution in [2.45, 2.75) is 64.4 Å². The Morgan fingerprint density at radius 2 is 1.96 bits per heavy atom. The Labute approximate surface area is 154 Å². The van der Waals surface area contributed by atoms with E-state index in [1.807, 2.05) is 6.92 Å². The summed E-state index contributed by atoms with van der Waals surface area (Å²) in [5.74, 6) is 0.232. The fourth-order valence-electron chi connectivity index (χ4n) is 7.01. The Hall–Kier alpha value is -1.33. The molecule has 26 heavy (non-hydrogen) atoms. The summed E-state index contributed by atoms with van der Waals surface area (Å²) in [6.07, 6.45) is 6.13. The second-order valence-electron chi connectivity index (χ2n) is 9.43. The fraction of sp³-hybridized carbons (Fsp3) is 0.762. The van der Waals surface area contributed by atoms with Crippen LogP contribution in [0.4, 0.5) is 0 Å². The zero-order valence-electron chi connectivity index (χ0n) is 15.7. The lowest BCUT2D eigenvalue weighted by atomic mass is 9.46. The highest BCUT2D eigenvalue weighted by Gasteiger charge is 2.68. The van der Waals surface area contributed by atoms with E-state index in [9.17, 15) is 19.5 Å². The van der Waals surface area contributed by atoms with E-state index < -0.39 is 11.0 Å². The molecule has 4 aliphatic rings. The second-order valence-corrected chi connectivity index (χ2v) is 9.43. The van der Waals surface area contributed by atoms with Crippen LogP contribution in [0.25, 0.3) is 0 Å². The van der Waals surface area contributed by atoms with E-state index in [-0.39, 0.29) is 53.5 Å². The molecule has 5 nitrogen and oxygen atoms in total. The van der Waals surface area contributed by atoms with Crippen molar-refractivity contribution in [2.75, 3.05) is 6.54 Å². The van der Waals surface area contributed by atoms with Gasteiger partial charge < -0.3 is 10.8 Å². The Morgan fingerprint density at radius 3 is 2.65 bits per heavy atom. The molecule has 0 spiro atoms. The van der Waals surface area contributed by atoms with Crippen LogP contribution in [-0.4, -0.2) is 34.6 Å². The molecule has 3 saturated carbocycles. The molecule has 3 fully saturated rings. The second kappa shape index (κ2) is 5.59. The minimum absolute atomic E-state index is 0.0935. The van der Waals surface area contributed by atoms with E-state index in [2.05, 4.69) is 6.92 Å². The molecule has 0 heterocycles. The highest BCUT2D eigenvalue weighted by atomic mass is 16.3. The smallest absolute Gasteiger partial charge is 0.178 e. The molecule has 4 unspecified atom stereocenters. The van der Waals surface area contributed by atoms with Crippen LogP contribution in [0.2, 0.25) is 0 Å². The molecule has 3 N–H and O–H groups in total. The molecule has 0 aromatic carbocycles. The third kappa shape index (κ3) is 2.07. The predicted molar refractivity (Wildman–Crippen MR) is 96.1 cm³/mol. The van der Waals surface area contributed by atoms with E-state index in [0.717, 1.165) is 31.3 Å². The van der Waals surface area contributed by atoms with E-state index >= 15 is 0 Å². The van der Waals surface area contributed by atoms with Gasteiger partial charge >= 0.3 is 0 Å². The number of hydrogen-bond acceptors (Lipinski definition) is 5. The highest BCUT2D eigenvalue weighted by Crippen LogP contribution is 2.66. The van der Waals surface area contributed by atoms with E-state index in [1.54, 1.807) is 6.08 Å². The molecule has 4 rings (SSSR count). The van der Waals surface area contributed by atoms with Crippen LogP contribution in [0, 0.1) is 28.6 Å². The maximum Gasteiger partial charge on any atom is 0.178 e. The van der Waals surface area contributed by atoms with Crippen LogP contribution >= 0.6 is 0 Å². The molecule has 0 saturated heterocycles. The molecule has 0 bridgehead atoms. The average molecular weight is 359 g/mol. The summed E-state index contributed by atoms with van der Waals surface area (Å²) in [6, 6.07) is 0. The van der Waals surface area contributed by atoms with E-state index in [4.69, 9.17) is 5.73 Å². The average Bonchev–Trinajstić information content (AvgIpc) is 2.86. The number of nitrogens with two attached hydrogens (primary N) is 1. The van der Waals surface area contributed by atoms with Gasteiger partial charge in [-0.05, 0) is 55.4 Å². The largest absolute Gasteiger partial charge is 0.381 e. The highest BCUT2D eigenvalue weighted by molar-refractivity contribution is 5.94. The molecule has 0 aromatic rings. The molecule has 142 valence electrons. The number of Topliss-reactive ketones (excluding diaryl/α,β-unsaturated/α-hetero) is 2. The number of allylic oxidation sites excluding steroid dienone is 1. The first-order valence-corrected chi connectivity index (χ1v) is 9.90. The number of hydrogen-bond donors (Lipinski definition) is 2. The number of fused-ring (bicyclic) bond motifs is 5. The van der Waals surface area contributed by atoms with Crippen molar-refractivity contribution < 1.29 is 19.5 Å². The van der Waals surface area contributed by atoms with Crippen LogP contribution < -0.4 is 5.73 Å². The van der Waals surface area contributed by atoms with Gasteiger partial charge in [-0.15, -0.1) is 0 Å². The Kier molecular flexibility index (Phi) is 3.88. The maximum absolute atomic E-state index is 13.4. The van der Waals surface area contributed by atoms with Crippen molar-refractivity contribution in [3.05, 3.63) is 11.6 Å². The molecular weight excluding hydrogens is 330 g/mol. The summed E-state index contributed by atoms with van der Waals surface area (Å²) in [5.41, 5.74) is 4.27. The van der Waals surface area contributed by atoms with Gasteiger partial charge in [-0.2, -0.15) is 0 Å². The van der Waals surface area contributed by atoms with Crippen molar-refractivity contribution in [1.29, 1.82) is 0 Å². The van der Waals surface area contributed by atoms with Crippen molar-refractivity contribution >= 4 is 17.3 Å². The standard InChI is InChI=1S/C21H29NO4/c1-19-7-5-13(23)9-12(19)3-4-14-15-6-8-21(26,17(25)11-22)20(15,2)10-16(24)18(14)19/h9,14-15,18,26H,3-8,10-11,22H2,1-2H3/t14?,15?,18?,19-,20?,21+/m1/s1. The van der Waals surface area contributed by atoms with Crippen LogP contribution in [0.15, 0.2) is 11.6 Å². The molecule has 6 atom stereocenters. The minimum atomic E-state index is -1.48. The van der Waals surface area contributed by atoms with Gasteiger partial charge in [-0.1, -0.05) is 19.4 Å². The molecule has 0 radical (unpaired) electrons. The Balaban J connectivity index is 1.75. The predicted octanol–water partition coefficient (Wildman–Crippen LogP) is 1.96. The summed E-state index contributed by atoms with van der Waals surface area (Å²) in [4.78, 5) is 37.7. The lowest BCUT2D eigenvalue weighted by molar-refractivity contribution is -0.168. The van der Waals surface area contributed by atoms with Gasteiger partial charge in [-0.25, -0.2) is 0 Å². The Bertz CT molecular complexity index is 728. The summed E-state index contributed by atoms with van der Waals surface area (Å²) in [7, 11) is 0. The monoisotopic (exact) mass is 359 g/mol. The normalized spacial score (nSPS) is 47.7. The topological polar surface area (TPSA) is 97.5 Å². The Morgan fingerprint density at radius 1 is 1.23 bits per heavy atom. The number of carbonyl (C=O) groups is 3. The van der Waals surface area contributed by atoms with Crippen LogP contribution in [0.1, 0.15) is 58.8 Å². The van der Waals surface area contributed by atoms with Crippen molar-refractivity contribution in [2.24, 2.45) is 34.3 Å². The quantitative estimate of drug-likeness (QED) is 0.785. The molecule has 0 aliphatic heterocycles. The van der Waals surface area contributed by atoms with Crippen LogP contribution in [0.3, 0.4) is 0 Å². The summed E-state index contributed by atoms with van der Waals surface area (Å²) in [6.45, 7) is 3.88. The van der Waals surface area contributed by atoms with Crippen molar-refractivity contribution in [1.82, 2.24) is 0 Å². The van der Waals surface area contributed by atoms with Gasteiger partial charge in [0.15, 0.2) is 11.6 Å². The first-order chi connectivity index (χ1) is 12.2. The number of aliphatic hydroxyl groups is 1. The fourth-order valence-corrected chi connectivity index (χ4v) is 7.01. The van der Waals surface area contributed by atoms with Gasteiger partial charge in [0.1, 0.15) is 11.4 Å². The van der Waals surface area contributed by atoms with Gasteiger partial charge in [0.05, 0.1) is 6.54 Å². The third-order valence-electron chi connectivity index (χ3n) is 8.45. The van der Waals surface area contributed by atoms with E-state index in [0.29, 0.717) is 12.8 Å². The summed E-state index contributed by atoms with van der Waals surface area (Å²) < 4.78 is 0. The van der Waals surface area contributed by atoms with Gasteiger partial charge in [-0.3, -0.25) is 14.4 Å². The summed E-state index contributed by atoms with van der Waals surface area (Å²) >= 11 is 0. The molecular formula is C21H29NO4. The number of rotatable bonds is 2. The SMILES string of the molecule is CC12CC(=O)C3C(CCC4=CC(=O)CC[C@]43C)C1CC[C@]2(O)C(=O)CN. The first kappa shape index (κ1) is 18.1. The van der Waals surface area contributed by atoms with Crippen molar-refractivity contribution in [3.63, 3.8) is 0 Å². The van der Waals surface area contributed by atoms with Gasteiger partial charge in [0.25, 0.3) is 0 Å². The maximum atomic E-state index is 13.4. The van der Waals surface area contributed by atoms with Crippen LogP contribution in [-0.2, 0) is 14.4 Å². The molecule has 5 heteroatoms. The van der Waals surface area contributed by atoms with Crippen LogP contribution in [0.5, 0.6) is 0 Å². The molecule has 0 aromatic heterocycles. The zero-order chi connectivity index (χ0) is 18.9. The first-order valence-electron chi connectivity index (χ1n) is 9.90. The lowest BCUT2D eigenvalue weighted by Crippen LogP contribution is -2.61. The molecule has 0 amide bonds. The number of carbonyl (C=O) groups excluding carboxylic acids is 3. The number of ketones is 3. The zero-order valence-corrected chi connectivity index (χ0v) is 15.7. The third-order valence-corrected chi connectivity index (χ3v) is 8.45.